The van der Waals surface area contributed by atoms with Gasteiger partial charge in [-0.25, -0.2) is 0 Å². The van der Waals surface area contributed by atoms with Crippen LogP contribution in [-0.2, 0) is 5.75 Å². The number of carbonyl (C=O) groups excluding carboxylic acids is 1. The van der Waals surface area contributed by atoms with E-state index in [9.17, 15) is 4.79 Å². The Hall–Kier alpha value is -1.06. The second-order valence-corrected chi connectivity index (χ2v) is 5.57. The minimum atomic E-state index is 0.734. The normalized spacial score (nSPS) is 10.2. The highest BCUT2D eigenvalue weighted by Crippen LogP contribution is 2.25. The van der Waals surface area contributed by atoms with E-state index in [0.717, 1.165) is 22.1 Å². The van der Waals surface area contributed by atoms with Crippen LogP contribution in [-0.4, -0.2) is 6.29 Å². The zero-order valence-electron chi connectivity index (χ0n) is 9.10. The minimum Gasteiger partial charge on any atom is -0.298 e. The molecule has 0 aliphatic carbocycles. The van der Waals surface area contributed by atoms with Gasteiger partial charge >= 0.3 is 0 Å². The van der Waals surface area contributed by atoms with Crippen LogP contribution in [0.4, 0.5) is 0 Å². The molecule has 2 rings (SSSR count). The molecule has 0 aliphatic rings. The summed E-state index contributed by atoms with van der Waals surface area (Å²) in [6.45, 7) is 0. The Morgan fingerprint density at radius 3 is 2.71 bits per heavy atom. The molecular formula is C14H11BrOS. The van der Waals surface area contributed by atoms with Crippen LogP contribution in [0.1, 0.15) is 15.9 Å². The maximum absolute atomic E-state index is 10.7. The van der Waals surface area contributed by atoms with Gasteiger partial charge in [-0.1, -0.05) is 40.2 Å². The molecule has 0 N–H and O–H groups in total. The fourth-order valence-corrected chi connectivity index (χ4v) is 2.93. The van der Waals surface area contributed by atoms with E-state index in [2.05, 4.69) is 28.1 Å². The van der Waals surface area contributed by atoms with Crippen molar-refractivity contribution in [3.63, 3.8) is 0 Å². The first-order chi connectivity index (χ1) is 8.28. The monoisotopic (exact) mass is 306 g/mol. The smallest absolute Gasteiger partial charge is 0.150 e. The molecule has 0 saturated heterocycles. The van der Waals surface area contributed by atoms with Gasteiger partial charge < -0.3 is 0 Å². The zero-order chi connectivity index (χ0) is 12.1. The summed E-state index contributed by atoms with van der Waals surface area (Å²) in [4.78, 5) is 11.9. The predicted molar refractivity (Wildman–Crippen MR) is 75.5 cm³/mol. The molecule has 0 atom stereocenters. The predicted octanol–water partition coefficient (Wildman–Crippen LogP) is 4.55. The SMILES string of the molecule is O=Cc1cccc(CSc2cccc(Br)c2)c1. The molecule has 0 heterocycles. The summed E-state index contributed by atoms with van der Waals surface area (Å²) >= 11 is 5.21. The standard InChI is InChI=1S/C14H11BrOS/c15-13-5-2-6-14(8-13)17-10-12-4-1-3-11(7-12)9-16/h1-9H,10H2. The van der Waals surface area contributed by atoms with Gasteiger partial charge in [-0.3, -0.25) is 4.79 Å². The van der Waals surface area contributed by atoms with Crippen molar-refractivity contribution in [3.05, 3.63) is 64.1 Å². The lowest BCUT2D eigenvalue weighted by Crippen LogP contribution is -1.84. The summed E-state index contributed by atoms with van der Waals surface area (Å²) in [6, 6.07) is 15.9. The number of thioether (sulfide) groups is 1. The third-order valence-electron chi connectivity index (χ3n) is 2.29. The first-order valence-electron chi connectivity index (χ1n) is 5.20. The van der Waals surface area contributed by atoms with Crippen molar-refractivity contribution in [2.24, 2.45) is 0 Å². The van der Waals surface area contributed by atoms with Crippen LogP contribution in [0.5, 0.6) is 0 Å². The van der Waals surface area contributed by atoms with E-state index in [1.165, 1.54) is 10.5 Å². The van der Waals surface area contributed by atoms with Crippen LogP contribution in [0.3, 0.4) is 0 Å². The molecule has 0 spiro atoms. The summed E-state index contributed by atoms with van der Waals surface area (Å²) < 4.78 is 1.09. The average Bonchev–Trinajstić information content (AvgIpc) is 2.37. The Morgan fingerprint density at radius 2 is 1.94 bits per heavy atom. The minimum absolute atomic E-state index is 0.734. The van der Waals surface area contributed by atoms with Crippen LogP contribution < -0.4 is 0 Å². The first-order valence-corrected chi connectivity index (χ1v) is 6.98. The van der Waals surface area contributed by atoms with Crippen LogP contribution >= 0.6 is 27.7 Å². The van der Waals surface area contributed by atoms with Gasteiger partial charge in [-0.15, -0.1) is 11.8 Å². The maximum Gasteiger partial charge on any atom is 0.150 e. The highest BCUT2D eigenvalue weighted by Gasteiger charge is 1.98. The van der Waals surface area contributed by atoms with Gasteiger partial charge in [-0.2, -0.15) is 0 Å². The van der Waals surface area contributed by atoms with Crippen molar-refractivity contribution in [1.82, 2.24) is 0 Å². The Balaban J connectivity index is 2.04. The van der Waals surface area contributed by atoms with Crippen molar-refractivity contribution in [3.8, 4) is 0 Å². The zero-order valence-corrected chi connectivity index (χ0v) is 11.5. The molecule has 0 saturated carbocycles. The van der Waals surface area contributed by atoms with Gasteiger partial charge in [0, 0.05) is 20.7 Å². The highest BCUT2D eigenvalue weighted by molar-refractivity contribution is 9.10. The summed E-state index contributed by atoms with van der Waals surface area (Å²) in [6.07, 6.45) is 0.882. The third-order valence-corrected chi connectivity index (χ3v) is 3.85. The lowest BCUT2D eigenvalue weighted by molar-refractivity contribution is 0.112. The van der Waals surface area contributed by atoms with Gasteiger partial charge in [0.05, 0.1) is 0 Å². The largest absolute Gasteiger partial charge is 0.298 e. The highest BCUT2D eigenvalue weighted by atomic mass is 79.9. The number of rotatable bonds is 4. The van der Waals surface area contributed by atoms with E-state index >= 15 is 0 Å². The number of aldehydes is 1. The molecule has 1 nitrogen and oxygen atoms in total. The quantitative estimate of drug-likeness (QED) is 0.609. The summed E-state index contributed by atoms with van der Waals surface area (Å²) in [5.74, 6) is 0.873. The van der Waals surface area contributed by atoms with Crippen LogP contribution in [0.25, 0.3) is 0 Å². The molecule has 0 amide bonds. The van der Waals surface area contributed by atoms with Crippen molar-refractivity contribution in [2.75, 3.05) is 0 Å². The van der Waals surface area contributed by atoms with Crippen molar-refractivity contribution < 1.29 is 4.79 Å². The molecule has 0 fully saturated rings. The van der Waals surface area contributed by atoms with E-state index in [-0.39, 0.29) is 0 Å². The fraction of sp³-hybridized carbons (Fsp3) is 0.0714. The van der Waals surface area contributed by atoms with Crippen molar-refractivity contribution in [2.45, 2.75) is 10.6 Å². The molecule has 17 heavy (non-hydrogen) atoms. The Morgan fingerprint density at radius 1 is 1.12 bits per heavy atom. The molecule has 2 aromatic carbocycles. The molecule has 0 bridgehead atoms. The van der Waals surface area contributed by atoms with E-state index < -0.39 is 0 Å². The van der Waals surface area contributed by atoms with Crippen molar-refractivity contribution in [1.29, 1.82) is 0 Å². The van der Waals surface area contributed by atoms with Gasteiger partial charge in [0.15, 0.2) is 0 Å². The lowest BCUT2D eigenvalue weighted by Gasteiger charge is -2.03. The van der Waals surface area contributed by atoms with Gasteiger partial charge in [0.1, 0.15) is 6.29 Å². The Labute approximate surface area is 113 Å². The van der Waals surface area contributed by atoms with Gasteiger partial charge in [0.25, 0.3) is 0 Å². The van der Waals surface area contributed by atoms with Crippen LogP contribution in [0, 0.1) is 0 Å². The molecule has 0 unspecified atom stereocenters. The molecule has 0 radical (unpaired) electrons. The number of hydrogen-bond acceptors (Lipinski definition) is 2. The van der Waals surface area contributed by atoms with Gasteiger partial charge in [-0.05, 0) is 29.8 Å². The van der Waals surface area contributed by atoms with Gasteiger partial charge in [0.2, 0.25) is 0 Å². The molecule has 86 valence electrons. The number of hydrogen-bond donors (Lipinski definition) is 0. The van der Waals surface area contributed by atoms with E-state index in [4.69, 9.17) is 0 Å². The lowest BCUT2D eigenvalue weighted by atomic mass is 10.2. The molecule has 3 heteroatoms. The topological polar surface area (TPSA) is 17.1 Å². The second kappa shape index (κ2) is 6.03. The molecule has 0 aliphatic heterocycles. The molecular weight excluding hydrogens is 296 g/mol. The van der Waals surface area contributed by atoms with Crippen LogP contribution in [0.2, 0.25) is 0 Å². The average molecular weight is 307 g/mol. The van der Waals surface area contributed by atoms with E-state index in [1.807, 2.05) is 36.4 Å². The maximum atomic E-state index is 10.7. The Kier molecular flexibility index (Phi) is 4.40. The van der Waals surface area contributed by atoms with Crippen LogP contribution in [0.15, 0.2) is 57.9 Å². The summed E-state index contributed by atoms with van der Waals surface area (Å²) in [7, 11) is 0. The summed E-state index contributed by atoms with van der Waals surface area (Å²) in [5.41, 5.74) is 1.90. The molecule has 0 aromatic heterocycles. The van der Waals surface area contributed by atoms with Crippen molar-refractivity contribution >= 4 is 34.0 Å². The number of halogens is 1. The number of carbonyl (C=O) groups is 1. The number of benzene rings is 2. The summed E-state index contributed by atoms with van der Waals surface area (Å²) in [5, 5.41) is 0. The molecule has 2 aromatic rings. The fourth-order valence-electron chi connectivity index (χ4n) is 1.48. The van der Waals surface area contributed by atoms with E-state index in [0.29, 0.717) is 0 Å². The third kappa shape index (κ3) is 3.72. The first kappa shape index (κ1) is 12.4. The Bertz CT molecular complexity index is 525. The van der Waals surface area contributed by atoms with E-state index in [1.54, 1.807) is 11.8 Å². The second-order valence-electron chi connectivity index (χ2n) is 3.61.